The summed E-state index contributed by atoms with van der Waals surface area (Å²) in [5.74, 6) is -0.713. The van der Waals surface area contributed by atoms with Gasteiger partial charge in [0.15, 0.2) is 0 Å². The largest absolute Gasteiger partial charge is 0.423 e. The van der Waals surface area contributed by atoms with Crippen molar-refractivity contribution < 1.29 is 22.7 Å². The molecule has 4 aromatic rings. The maximum atomic E-state index is 13.5. The van der Waals surface area contributed by atoms with Gasteiger partial charge >= 0.3 is 5.97 Å². The number of benzene rings is 4. The first kappa shape index (κ1) is 27.3. The van der Waals surface area contributed by atoms with E-state index in [2.05, 4.69) is 10.5 Å². The van der Waals surface area contributed by atoms with Crippen LogP contribution in [0.2, 0.25) is 0 Å². The summed E-state index contributed by atoms with van der Waals surface area (Å²) >= 11 is 0. The first-order valence-corrected chi connectivity index (χ1v) is 13.7. The highest BCUT2D eigenvalue weighted by Crippen LogP contribution is 2.27. The molecule has 0 spiro atoms. The zero-order valence-corrected chi connectivity index (χ0v) is 22.0. The van der Waals surface area contributed by atoms with E-state index in [1.807, 2.05) is 25.1 Å². The molecule has 0 aliphatic rings. The Hall–Kier alpha value is -4.76. The monoisotopic (exact) mass is 541 g/mol. The number of hydrogen-bond donors (Lipinski definition) is 1. The lowest BCUT2D eigenvalue weighted by molar-refractivity contribution is -0.119. The van der Waals surface area contributed by atoms with Gasteiger partial charge in [-0.1, -0.05) is 61.5 Å². The number of carbonyl (C=O) groups is 2. The number of ether oxygens (including phenoxy) is 1. The Morgan fingerprint density at radius 2 is 1.46 bits per heavy atom. The molecule has 0 saturated carbocycles. The molecule has 0 bridgehead atoms. The summed E-state index contributed by atoms with van der Waals surface area (Å²) in [6.07, 6.45) is 2.00. The molecule has 0 aromatic heterocycles. The molecular formula is C30H27N3O5S. The van der Waals surface area contributed by atoms with E-state index in [4.69, 9.17) is 4.74 Å². The molecule has 0 atom stereocenters. The van der Waals surface area contributed by atoms with Crippen molar-refractivity contribution in [2.24, 2.45) is 5.10 Å². The number of nitrogens with one attached hydrogen (secondary N) is 1. The molecule has 0 radical (unpaired) electrons. The van der Waals surface area contributed by atoms with Crippen molar-refractivity contribution in [1.82, 2.24) is 5.43 Å². The van der Waals surface area contributed by atoms with E-state index >= 15 is 0 Å². The zero-order chi connectivity index (χ0) is 27.7. The van der Waals surface area contributed by atoms with E-state index in [1.165, 1.54) is 18.3 Å². The fourth-order valence-corrected chi connectivity index (χ4v) is 5.26. The molecule has 198 valence electrons. The number of hydrogen-bond acceptors (Lipinski definition) is 6. The van der Waals surface area contributed by atoms with Crippen LogP contribution in [0, 0.1) is 0 Å². The lowest BCUT2D eigenvalue weighted by atomic mass is 10.1. The molecular weight excluding hydrogens is 514 g/mol. The number of nitrogens with zero attached hydrogens (tertiary/aromatic N) is 2. The Bertz CT molecular complexity index is 1560. The summed E-state index contributed by atoms with van der Waals surface area (Å²) in [5, 5.41) is 3.97. The van der Waals surface area contributed by atoms with Crippen molar-refractivity contribution in [1.29, 1.82) is 0 Å². The number of hydrazone groups is 1. The maximum Gasteiger partial charge on any atom is 0.343 e. The molecule has 0 saturated heterocycles. The van der Waals surface area contributed by atoms with E-state index in [0.717, 1.165) is 9.87 Å². The Morgan fingerprint density at radius 3 is 2.13 bits per heavy atom. The SMILES string of the molecule is CCc1ccccc1N(CC(=O)N/N=C\c1ccc(OC(=O)c2ccccc2)cc1)S(=O)(=O)c1ccccc1. The highest BCUT2D eigenvalue weighted by atomic mass is 32.2. The van der Waals surface area contributed by atoms with Gasteiger partial charge in [0.05, 0.1) is 22.4 Å². The Kier molecular flexibility index (Phi) is 8.86. The Balaban J connectivity index is 1.44. The van der Waals surface area contributed by atoms with Crippen LogP contribution in [0.1, 0.15) is 28.4 Å². The van der Waals surface area contributed by atoms with Gasteiger partial charge in [0.25, 0.3) is 15.9 Å². The molecule has 9 heteroatoms. The minimum atomic E-state index is -4.01. The summed E-state index contributed by atoms with van der Waals surface area (Å²) in [4.78, 5) is 25.1. The van der Waals surface area contributed by atoms with Gasteiger partial charge in [-0.2, -0.15) is 5.10 Å². The first-order chi connectivity index (χ1) is 18.9. The smallest absolute Gasteiger partial charge is 0.343 e. The molecule has 0 heterocycles. The van der Waals surface area contributed by atoms with Gasteiger partial charge in [-0.25, -0.2) is 18.6 Å². The van der Waals surface area contributed by atoms with Crippen LogP contribution < -0.4 is 14.5 Å². The number of amides is 1. The van der Waals surface area contributed by atoms with Crippen LogP contribution in [0.5, 0.6) is 5.75 Å². The van der Waals surface area contributed by atoms with Gasteiger partial charge in [-0.05, 0) is 72.1 Å². The minimum absolute atomic E-state index is 0.0836. The third-order valence-corrected chi connectivity index (χ3v) is 7.54. The molecule has 0 fully saturated rings. The average molecular weight is 542 g/mol. The normalized spacial score (nSPS) is 11.2. The summed E-state index contributed by atoms with van der Waals surface area (Å²) in [7, 11) is -4.01. The summed E-state index contributed by atoms with van der Waals surface area (Å²) in [6.45, 7) is 1.46. The second kappa shape index (κ2) is 12.7. The van der Waals surface area contributed by atoms with Crippen LogP contribution in [0.3, 0.4) is 0 Å². The Labute approximate surface area is 227 Å². The summed E-state index contributed by atoms with van der Waals surface area (Å²) in [5.41, 5.74) is 4.71. The number of para-hydroxylation sites is 1. The number of rotatable bonds is 10. The van der Waals surface area contributed by atoms with Crippen molar-refractivity contribution in [3.63, 3.8) is 0 Å². The third-order valence-electron chi connectivity index (χ3n) is 5.76. The quantitative estimate of drug-likeness (QED) is 0.134. The van der Waals surface area contributed by atoms with Gasteiger partial charge in [0.2, 0.25) is 0 Å². The van der Waals surface area contributed by atoms with Gasteiger partial charge < -0.3 is 4.74 Å². The fraction of sp³-hybridized carbons (Fsp3) is 0.100. The van der Waals surface area contributed by atoms with Crippen molar-refractivity contribution in [2.45, 2.75) is 18.2 Å². The van der Waals surface area contributed by atoms with Gasteiger partial charge in [0, 0.05) is 0 Å². The van der Waals surface area contributed by atoms with Gasteiger partial charge in [-0.15, -0.1) is 0 Å². The van der Waals surface area contributed by atoms with Crippen LogP contribution >= 0.6 is 0 Å². The van der Waals surface area contributed by atoms with Gasteiger partial charge in [0.1, 0.15) is 12.3 Å². The lowest BCUT2D eigenvalue weighted by Gasteiger charge is -2.25. The van der Waals surface area contributed by atoms with Crippen LogP contribution in [0.15, 0.2) is 119 Å². The standard InChI is InChI=1S/C30H27N3O5S/c1-2-24-11-9-10-16-28(24)33(39(36,37)27-14-7-4-8-15-27)22-29(34)32-31-21-23-17-19-26(20-18-23)38-30(35)25-12-5-3-6-13-25/h3-21H,2,22H2,1H3,(H,32,34)/b31-21-. The van der Waals surface area contributed by atoms with E-state index in [1.54, 1.807) is 78.9 Å². The summed E-state index contributed by atoms with van der Waals surface area (Å²) in [6, 6.07) is 30.3. The van der Waals surface area contributed by atoms with Crippen LogP contribution in [-0.2, 0) is 21.2 Å². The number of esters is 1. The predicted octanol–water partition coefficient (Wildman–Crippen LogP) is 4.81. The van der Waals surface area contributed by atoms with Crippen molar-refractivity contribution in [3.05, 3.63) is 126 Å². The fourth-order valence-electron chi connectivity index (χ4n) is 3.78. The second-order valence-electron chi connectivity index (χ2n) is 8.42. The molecule has 1 N–H and O–H groups in total. The molecule has 0 aliphatic heterocycles. The minimum Gasteiger partial charge on any atom is -0.423 e. The number of anilines is 1. The van der Waals surface area contributed by atoms with Crippen LogP contribution in [0.25, 0.3) is 0 Å². The highest BCUT2D eigenvalue weighted by molar-refractivity contribution is 7.92. The maximum absolute atomic E-state index is 13.5. The summed E-state index contributed by atoms with van der Waals surface area (Å²) < 4.78 is 33.5. The van der Waals surface area contributed by atoms with Crippen LogP contribution in [0.4, 0.5) is 5.69 Å². The predicted molar refractivity (Wildman–Crippen MR) is 150 cm³/mol. The Morgan fingerprint density at radius 1 is 0.846 bits per heavy atom. The van der Waals surface area contributed by atoms with Crippen molar-refractivity contribution in [3.8, 4) is 5.75 Å². The van der Waals surface area contributed by atoms with Gasteiger partial charge in [-0.3, -0.25) is 9.10 Å². The highest BCUT2D eigenvalue weighted by Gasteiger charge is 2.28. The topological polar surface area (TPSA) is 105 Å². The molecule has 4 rings (SSSR count). The molecule has 0 unspecified atom stereocenters. The van der Waals surface area contributed by atoms with E-state index in [-0.39, 0.29) is 4.90 Å². The zero-order valence-electron chi connectivity index (χ0n) is 21.2. The molecule has 1 amide bonds. The average Bonchev–Trinajstić information content (AvgIpc) is 2.97. The molecule has 39 heavy (non-hydrogen) atoms. The second-order valence-corrected chi connectivity index (χ2v) is 10.3. The molecule has 8 nitrogen and oxygen atoms in total. The van der Waals surface area contributed by atoms with Crippen LogP contribution in [-0.4, -0.2) is 33.1 Å². The molecule has 0 aliphatic carbocycles. The number of sulfonamides is 1. The third kappa shape index (κ3) is 6.97. The number of aryl methyl sites for hydroxylation is 1. The van der Waals surface area contributed by atoms with E-state index in [9.17, 15) is 18.0 Å². The van der Waals surface area contributed by atoms with Crippen molar-refractivity contribution in [2.75, 3.05) is 10.8 Å². The van der Waals surface area contributed by atoms with E-state index < -0.39 is 28.4 Å². The molecule has 4 aromatic carbocycles. The first-order valence-electron chi connectivity index (χ1n) is 12.2. The lowest BCUT2D eigenvalue weighted by Crippen LogP contribution is -2.40. The van der Waals surface area contributed by atoms with E-state index in [0.29, 0.717) is 29.0 Å². The van der Waals surface area contributed by atoms with Crippen molar-refractivity contribution >= 4 is 33.8 Å². The number of carbonyl (C=O) groups excluding carboxylic acids is 2.